The lowest BCUT2D eigenvalue weighted by molar-refractivity contribution is -0.132. The number of benzene rings is 3. The molecule has 0 aliphatic heterocycles. The number of carbonyl (C=O) groups is 3. The molecule has 0 spiro atoms. The summed E-state index contributed by atoms with van der Waals surface area (Å²) >= 11 is 2.19. The third-order valence-electron chi connectivity index (χ3n) is 5.27. The van der Waals surface area contributed by atoms with Crippen LogP contribution < -0.4 is 15.4 Å². The molecular formula is C27H28IN3O4. The number of ether oxygens (including phenoxy) is 1. The number of likely N-dealkylation sites (N-methyl/N-ethyl adjacent to an activating group) is 1. The van der Waals surface area contributed by atoms with E-state index in [9.17, 15) is 14.4 Å². The van der Waals surface area contributed by atoms with Gasteiger partial charge in [0.25, 0.3) is 11.8 Å². The molecular weight excluding hydrogens is 557 g/mol. The third kappa shape index (κ3) is 7.54. The number of para-hydroxylation sites is 1. The van der Waals surface area contributed by atoms with E-state index >= 15 is 0 Å². The molecule has 3 amide bonds. The van der Waals surface area contributed by atoms with E-state index in [2.05, 4.69) is 33.2 Å². The molecule has 8 heteroatoms. The number of carbonyl (C=O) groups excluding carboxylic acids is 3. The maximum absolute atomic E-state index is 13.0. The van der Waals surface area contributed by atoms with Gasteiger partial charge in [-0.3, -0.25) is 14.4 Å². The molecule has 3 rings (SSSR count). The minimum Gasteiger partial charge on any atom is -0.480 e. The molecule has 0 aromatic heterocycles. The van der Waals surface area contributed by atoms with Crippen molar-refractivity contribution in [3.8, 4) is 5.75 Å². The zero-order valence-electron chi connectivity index (χ0n) is 19.8. The van der Waals surface area contributed by atoms with Gasteiger partial charge in [0, 0.05) is 22.8 Å². The zero-order valence-corrected chi connectivity index (χ0v) is 22.0. The van der Waals surface area contributed by atoms with Crippen molar-refractivity contribution in [1.29, 1.82) is 0 Å². The number of nitrogens with zero attached hydrogens (tertiary/aromatic N) is 1. The van der Waals surface area contributed by atoms with Crippen molar-refractivity contribution in [3.63, 3.8) is 0 Å². The van der Waals surface area contributed by atoms with Gasteiger partial charge in [0.05, 0.1) is 5.56 Å². The van der Waals surface area contributed by atoms with Crippen LogP contribution in [-0.4, -0.2) is 41.8 Å². The standard InChI is InChI=1S/C27H28IN3O4/c1-18(27(34)31(3)17-20-9-5-4-6-10-20)29-26(33)23-11-7-8-12-24(23)35-19(2)25(32)30-22-15-13-21(28)14-16-22/h4-16,18-19H,17H2,1-3H3,(H,29,33)(H,30,32). The molecule has 2 atom stereocenters. The molecule has 0 fully saturated rings. The Kier molecular flexibility index (Phi) is 9.25. The molecule has 3 aromatic rings. The summed E-state index contributed by atoms with van der Waals surface area (Å²) in [6, 6.07) is 22.9. The average Bonchev–Trinajstić information content (AvgIpc) is 2.85. The summed E-state index contributed by atoms with van der Waals surface area (Å²) in [6.45, 7) is 3.69. The number of halogens is 1. The van der Waals surface area contributed by atoms with Gasteiger partial charge in [0.1, 0.15) is 11.8 Å². The van der Waals surface area contributed by atoms with Gasteiger partial charge >= 0.3 is 0 Å². The minimum absolute atomic E-state index is 0.217. The molecule has 0 radical (unpaired) electrons. The first-order valence-electron chi connectivity index (χ1n) is 11.2. The summed E-state index contributed by atoms with van der Waals surface area (Å²) in [5.74, 6) is -0.759. The molecule has 0 aliphatic rings. The van der Waals surface area contributed by atoms with E-state index in [1.165, 1.54) is 0 Å². The van der Waals surface area contributed by atoms with Crippen LogP contribution in [0.5, 0.6) is 5.75 Å². The minimum atomic E-state index is -0.848. The summed E-state index contributed by atoms with van der Waals surface area (Å²) in [6.07, 6.45) is -0.848. The van der Waals surface area contributed by atoms with Gasteiger partial charge in [0.2, 0.25) is 5.91 Å². The van der Waals surface area contributed by atoms with Gasteiger partial charge in [-0.25, -0.2) is 0 Å². The van der Waals surface area contributed by atoms with Crippen molar-refractivity contribution in [3.05, 3.63) is 93.6 Å². The predicted molar refractivity (Wildman–Crippen MR) is 144 cm³/mol. The lowest BCUT2D eigenvalue weighted by atomic mass is 10.1. The number of nitrogens with one attached hydrogen (secondary N) is 2. The quantitative estimate of drug-likeness (QED) is 0.363. The Morgan fingerprint density at radius 3 is 2.23 bits per heavy atom. The van der Waals surface area contributed by atoms with Gasteiger partial charge < -0.3 is 20.3 Å². The predicted octanol–water partition coefficient (Wildman–Crippen LogP) is 4.47. The third-order valence-corrected chi connectivity index (χ3v) is 5.99. The summed E-state index contributed by atoms with van der Waals surface area (Å²) in [5.41, 5.74) is 1.90. The van der Waals surface area contributed by atoms with Gasteiger partial charge in [-0.05, 0) is 78.4 Å². The number of hydrogen-bond donors (Lipinski definition) is 2. The van der Waals surface area contributed by atoms with Crippen LogP contribution in [0.2, 0.25) is 0 Å². The Hall–Kier alpha value is -3.40. The fourth-order valence-corrected chi connectivity index (χ4v) is 3.74. The number of hydrogen-bond acceptors (Lipinski definition) is 4. The van der Waals surface area contributed by atoms with Crippen molar-refractivity contribution in [2.24, 2.45) is 0 Å². The van der Waals surface area contributed by atoms with Crippen LogP contribution >= 0.6 is 22.6 Å². The second-order valence-electron chi connectivity index (χ2n) is 8.13. The Morgan fingerprint density at radius 1 is 0.914 bits per heavy atom. The summed E-state index contributed by atoms with van der Waals surface area (Å²) < 4.78 is 6.88. The van der Waals surface area contributed by atoms with Crippen molar-refractivity contribution < 1.29 is 19.1 Å². The first-order valence-corrected chi connectivity index (χ1v) is 12.2. The van der Waals surface area contributed by atoms with Gasteiger partial charge in [-0.15, -0.1) is 0 Å². The Balaban J connectivity index is 1.61. The van der Waals surface area contributed by atoms with Crippen LogP contribution in [0.3, 0.4) is 0 Å². The average molecular weight is 585 g/mol. The molecule has 7 nitrogen and oxygen atoms in total. The number of amides is 3. The number of rotatable bonds is 9. The second kappa shape index (κ2) is 12.3. The van der Waals surface area contributed by atoms with Crippen molar-refractivity contribution in [2.45, 2.75) is 32.5 Å². The second-order valence-corrected chi connectivity index (χ2v) is 9.37. The Labute approximate surface area is 219 Å². The summed E-state index contributed by atoms with van der Waals surface area (Å²) in [4.78, 5) is 39.9. The highest BCUT2D eigenvalue weighted by atomic mass is 127. The molecule has 3 aromatic carbocycles. The Bertz CT molecular complexity index is 1170. The first kappa shape index (κ1) is 26.2. The normalized spacial score (nSPS) is 12.2. The van der Waals surface area contributed by atoms with Crippen LogP contribution in [0.25, 0.3) is 0 Å². The maximum atomic E-state index is 13.0. The van der Waals surface area contributed by atoms with Gasteiger partial charge in [0.15, 0.2) is 6.10 Å². The summed E-state index contributed by atoms with van der Waals surface area (Å²) in [7, 11) is 1.70. The highest BCUT2D eigenvalue weighted by Crippen LogP contribution is 2.20. The monoisotopic (exact) mass is 585 g/mol. The van der Waals surface area contributed by atoms with Crippen molar-refractivity contribution >= 4 is 46.0 Å². The maximum Gasteiger partial charge on any atom is 0.265 e. The molecule has 2 unspecified atom stereocenters. The van der Waals surface area contributed by atoms with Crippen LogP contribution in [0.15, 0.2) is 78.9 Å². The zero-order chi connectivity index (χ0) is 25.4. The van der Waals surface area contributed by atoms with Gasteiger partial charge in [-0.2, -0.15) is 0 Å². The molecule has 0 bridgehead atoms. The van der Waals surface area contributed by atoms with Crippen LogP contribution in [-0.2, 0) is 16.1 Å². The SMILES string of the molecule is CC(NC(=O)c1ccccc1OC(C)C(=O)Nc1ccc(I)cc1)C(=O)N(C)Cc1ccccc1. The molecule has 0 aliphatic carbocycles. The fraction of sp³-hybridized carbons (Fsp3) is 0.222. The van der Waals surface area contributed by atoms with E-state index in [1.54, 1.807) is 62.2 Å². The largest absolute Gasteiger partial charge is 0.480 e. The molecule has 2 N–H and O–H groups in total. The molecule has 35 heavy (non-hydrogen) atoms. The lowest BCUT2D eigenvalue weighted by Crippen LogP contribution is -2.45. The Morgan fingerprint density at radius 2 is 1.54 bits per heavy atom. The van der Waals surface area contributed by atoms with E-state index in [0.717, 1.165) is 9.13 Å². The van der Waals surface area contributed by atoms with E-state index in [0.29, 0.717) is 12.2 Å². The van der Waals surface area contributed by atoms with Crippen molar-refractivity contribution in [2.75, 3.05) is 12.4 Å². The smallest absolute Gasteiger partial charge is 0.265 e. The topological polar surface area (TPSA) is 87.7 Å². The van der Waals surface area contributed by atoms with E-state index in [-0.39, 0.29) is 23.1 Å². The fourth-order valence-electron chi connectivity index (χ4n) is 3.38. The lowest BCUT2D eigenvalue weighted by Gasteiger charge is -2.23. The van der Waals surface area contributed by atoms with Crippen molar-refractivity contribution in [1.82, 2.24) is 10.2 Å². The first-order chi connectivity index (χ1) is 16.7. The van der Waals surface area contributed by atoms with Crippen LogP contribution in [0, 0.1) is 3.57 Å². The molecule has 0 heterocycles. The van der Waals surface area contributed by atoms with Gasteiger partial charge in [-0.1, -0.05) is 42.5 Å². The highest BCUT2D eigenvalue weighted by Gasteiger charge is 2.23. The molecule has 182 valence electrons. The number of anilines is 1. The van der Waals surface area contributed by atoms with Crippen LogP contribution in [0.1, 0.15) is 29.8 Å². The van der Waals surface area contributed by atoms with E-state index in [1.807, 2.05) is 42.5 Å². The molecule has 0 saturated carbocycles. The van der Waals surface area contributed by atoms with E-state index in [4.69, 9.17) is 4.74 Å². The van der Waals surface area contributed by atoms with E-state index < -0.39 is 18.1 Å². The summed E-state index contributed by atoms with van der Waals surface area (Å²) in [5, 5.41) is 5.54. The highest BCUT2D eigenvalue weighted by molar-refractivity contribution is 14.1. The van der Waals surface area contributed by atoms with Crippen LogP contribution in [0.4, 0.5) is 5.69 Å². The molecule has 0 saturated heterocycles.